The number of likely N-dealkylation sites (tertiary alicyclic amines) is 1. The fraction of sp³-hybridized carbons (Fsp3) is 0.696. The zero-order valence-electron chi connectivity index (χ0n) is 16.1. The molecule has 1 saturated heterocycles. The number of benzene rings is 1. The van der Waals surface area contributed by atoms with Crippen LogP contribution in [-0.4, -0.2) is 30.4 Å². The van der Waals surface area contributed by atoms with E-state index >= 15 is 0 Å². The molecule has 6 atom stereocenters. The molecule has 4 fully saturated rings. The van der Waals surface area contributed by atoms with Crippen molar-refractivity contribution in [2.45, 2.75) is 56.9 Å². The summed E-state index contributed by atoms with van der Waals surface area (Å²) in [6.07, 6.45) is 8.01. The Bertz CT molecular complexity index is 823. The van der Waals surface area contributed by atoms with E-state index in [1.54, 1.807) is 19.1 Å². The summed E-state index contributed by atoms with van der Waals surface area (Å²) in [4.78, 5) is 14.4. The first kappa shape index (κ1) is 16.5. The van der Waals surface area contributed by atoms with Gasteiger partial charge in [0.15, 0.2) is 0 Å². The number of amides is 1. The van der Waals surface area contributed by atoms with Crippen molar-refractivity contribution in [2.75, 3.05) is 19.6 Å². The fourth-order valence-electron chi connectivity index (χ4n) is 7.80. The second-order valence-corrected chi connectivity index (χ2v) is 10.2. The van der Waals surface area contributed by atoms with Gasteiger partial charge in [-0.05, 0) is 91.5 Å². The summed E-state index contributed by atoms with van der Waals surface area (Å²) in [5.74, 6) is 2.78. The standard InChI is InChI=1S/C23H29FN2O/c1-14(27)25-21-11-22(20-5-3-17(24)8-18(20)21)6-7-26(13-22)12-15-9-23-10-16(23)2-4-19(15)23/h3,5,8,15-16,19,21H,2,4,6-7,9-13H2,1H3,(H,25,27)/t15?,16?,19?,21-,22?,23?/m0/s1. The minimum Gasteiger partial charge on any atom is -0.349 e. The van der Waals surface area contributed by atoms with Crippen LogP contribution in [0.3, 0.4) is 0 Å². The third-order valence-electron chi connectivity index (χ3n) is 8.91. The second kappa shape index (κ2) is 5.34. The van der Waals surface area contributed by atoms with Crippen LogP contribution in [0.25, 0.3) is 0 Å². The van der Waals surface area contributed by atoms with Gasteiger partial charge in [0.2, 0.25) is 5.91 Å². The Morgan fingerprint density at radius 2 is 2.19 bits per heavy atom. The van der Waals surface area contributed by atoms with Crippen LogP contribution in [0, 0.1) is 29.0 Å². The van der Waals surface area contributed by atoms with Crippen molar-refractivity contribution in [1.82, 2.24) is 10.2 Å². The molecule has 0 bridgehead atoms. The number of carbonyl (C=O) groups is 1. The number of nitrogens with zero attached hydrogens (tertiary/aromatic N) is 1. The molecule has 4 heteroatoms. The van der Waals surface area contributed by atoms with Gasteiger partial charge in [-0.15, -0.1) is 0 Å². The molecule has 3 nitrogen and oxygen atoms in total. The maximum atomic E-state index is 13.9. The van der Waals surface area contributed by atoms with E-state index in [0.717, 1.165) is 54.7 Å². The number of carbonyl (C=O) groups excluding carboxylic acids is 1. The molecular weight excluding hydrogens is 339 g/mol. The van der Waals surface area contributed by atoms with Gasteiger partial charge in [-0.3, -0.25) is 4.79 Å². The van der Waals surface area contributed by atoms with Crippen LogP contribution in [0.1, 0.15) is 62.6 Å². The van der Waals surface area contributed by atoms with Gasteiger partial charge in [0, 0.05) is 25.4 Å². The van der Waals surface area contributed by atoms with Crippen LogP contribution in [0.4, 0.5) is 4.39 Å². The van der Waals surface area contributed by atoms with Gasteiger partial charge in [-0.2, -0.15) is 0 Å². The lowest BCUT2D eigenvalue weighted by atomic mass is 9.62. The van der Waals surface area contributed by atoms with Crippen molar-refractivity contribution in [3.8, 4) is 0 Å². The molecule has 0 aromatic heterocycles. The Morgan fingerprint density at radius 3 is 2.96 bits per heavy atom. The Morgan fingerprint density at radius 1 is 1.30 bits per heavy atom. The molecule has 1 aliphatic heterocycles. The summed E-state index contributed by atoms with van der Waals surface area (Å²) in [6, 6.07) is 5.19. The van der Waals surface area contributed by atoms with Crippen LogP contribution < -0.4 is 5.32 Å². The van der Waals surface area contributed by atoms with Crippen LogP contribution >= 0.6 is 0 Å². The summed E-state index contributed by atoms with van der Waals surface area (Å²) in [6.45, 7) is 5.02. The zero-order chi connectivity index (χ0) is 18.4. The summed E-state index contributed by atoms with van der Waals surface area (Å²) < 4.78 is 13.9. The van der Waals surface area contributed by atoms with E-state index in [1.165, 1.54) is 37.8 Å². The van der Waals surface area contributed by atoms with Crippen molar-refractivity contribution in [3.63, 3.8) is 0 Å². The predicted octanol–water partition coefficient (Wildman–Crippen LogP) is 3.79. The first-order chi connectivity index (χ1) is 13.0. The number of halogens is 1. The molecule has 1 amide bonds. The average Bonchev–Trinajstić information content (AvgIpc) is 2.93. The second-order valence-electron chi connectivity index (χ2n) is 10.2. The predicted molar refractivity (Wildman–Crippen MR) is 102 cm³/mol. The van der Waals surface area contributed by atoms with Gasteiger partial charge in [0.25, 0.3) is 0 Å². The van der Waals surface area contributed by atoms with Gasteiger partial charge in [0.05, 0.1) is 6.04 Å². The molecule has 27 heavy (non-hydrogen) atoms. The molecule has 1 aromatic carbocycles. The van der Waals surface area contributed by atoms with E-state index < -0.39 is 0 Å². The SMILES string of the molecule is CC(=O)N[C@H]1CC2(CCN(CC3CC45CC4CCC35)C2)c2ccc(F)cc21. The topological polar surface area (TPSA) is 32.3 Å². The molecule has 1 heterocycles. The molecule has 1 N–H and O–H groups in total. The van der Waals surface area contributed by atoms with E-state index in [4.69, 9.17) is 0 Å². The Balaban J connectivity index is 1.20. The zero-order valence-corrected chi connectivity index (χ0v) is 16.1. The highest BCUT2D eigenvalue weighted by molar-refractivity contribution is 5.74. The number of fused-ring (bicyclic) bond motifs is 2. The van der Waals surface area contributed by atoms with E-state index in [0.29, 0.717) is 0 Å². The highest BCUT2D eigenvalue weighted by atomic mass is 19.1. The molecule has 2 spiro atoms. The van der Waals surface area contributed by atoms with E-state index in [2.05, 4.69) is 10.2 Å². The van der Waals surface area contributed by atoms with Crippen molar-refractivity contribution >= 4 is 5.91 Å². The highest BCUT2D eigenvalue weighted by Crippen LogP contribution is 2.78. The first-order valence-corrected chi connectivity index (χ1v) is 10.8. The quantitative estimate of drug-likeness (QED) is 0.880. The molecule has 3 saturated carbocycles. The number of hydrogen-bond acceptors (Lipinski definition) is 2. The molecule has 4 aliphatic carbocycles. The van der Waals surface area contributed by atoms with Crippen LogP contribution in [0.2, 0.25) is 0 Å². The molecule has 5 unspecified atom stereocenters. The minimum atomic E-state index is -0.198. The lowest BCUT2D eigenvalue weighted by Crippen LogP contribution is -2.44. The van der Waals surface area contributed by atoms with E-state index in [9.17, 15) is 9.18 Å². The molecule has 1 aromatic rings. The molecule has 6 rings (SSSR count). The van der Waals surface area contributed by atoms with Crippen molar-refractivity contribution < 1.29 is 9.18 Å². The Labute approximate surface area is 160 Å². The first-order valence-electron chi connectivity index (χ1n) is 10.8. The molecule has 0 radical (unpaired) electrons. The smallest absolute Gasteiger partial charge is 0.217 e. The van der Waals surface area contributed by atoms with E-state index in [-0.39, 0.29) is 23.2 Å². The Kier molecular flexibility index (Phi) is 3.27. The maximum Gasteiger partial charge on any atom is 0.217 e. The fourth-order valence-corrected chi connectivity index (χ4v) is 7.80. The summed E-state index contributed by atoms with van der Waals surface area (Å²) in [5, 5.41) is 3.07. The largest absolute Gasteiger partial charge is 0.349 e. The lowest BCUT2D eigenvalue weighted by molar-refractivity contribution is -0.119. The Hall–Kier alpha value is -1.42. The van der Waals surface area contributed by atoms with Gasteiger partial charge >= 0.3 is 0 Å². The highest BCUT2D eigenvalue weighted by Gasteiger charge is 2.70. The van der Waals surface area contributed by atoms with E-state index in [1.807, 2.05) is 6.07 Å². The maximum absolute atomic E-state index is 13.9. The molecule has 5 aliphatic rings. The third kappa shape index (κ3) is 2.25. The summed E-state index contributed by atoms with van der Waals surface area (Å²) in [7, 11) is 0. The minimum absolute atomic E-state index is 0.0258. The van der Waals surface area contributed by atoms with Crippen LogP contribution in [-0.2, 0) is 10.2 Å². The summed E-state index contributed by atoms with van der Waals surface area (Å²) in [5.41, 5.74) is 3.18. The van der Waals surface area contributed by atoms with Crippen molar-refractivity contribution in [3.05, 3.63) is 35.1 Å². The van der Waals surface area contributed by atoms with Crippen LogP contribution in [0.15, 0.2) is 18.2 Å². The van der Waals surface area contributed by atoms with Gasteiger partial charge in [-0.25, -0.2) is 4.39 Å². The van der Waals surface area contributed by atoms with Crippen molar-refractivity contribution in [1.29, 1.82) is 0 Å². The lowest BCUT2D eigenvalue weighted by Gasteiger charge is -2.45. The molecule has 144 valence electrons. The number of rotatable bonds is 3. The van der Waals surface area contributed by atoms with Crippen molar-refractivity contribution in [2.24, 2.45) is 23.2 Å². The molecular formula is C23H29FN2O. The summed E-state index contributed by atoms with van der Waals surface area (Å²) >= 11 is 0. The van der Waals surface area contributed by atoms with Gasteiger partial charge < -0.3 is 10.2 Å². The average molecular weight is 368 g/mol. The van der Waals surface area contributed by atoms with Gasteiger partial charge in [0.1, 0.15) is 5.82 Å². The number of nitrogens with one attached hydrogen (secondary N) is 1. The normalized spacial score (nSPS) is 43.9. The van der Waals surface area contributed by atoms with Gasteiger partial charge in [-0.1, -0.05) is 6.07 Å². The third-order valence-corrected chi connectivity index (χ3v) is 8.91. The number of hydrogen-bond donors (Lipinski definition) is 1. The van der Waals surface area contributed by atoms with Crippen LogP contribution in [0.5, 0.6) is 0 Å². The monoisotopic (exact) mass is 368 g/mol.